The minimum atomic E-state index is -0.900. The third kappa shape index (κ3) is 2.77. The first-order valence-electron chi connectivity index (χ1n) is 5.72. The Hall–Kier alpha value is -1.55. The second-order valence-corrected chi connectivity index (χ2v) is 4.48. The molecule has 1 aliphatic carbocycles. The Morgan fingerprint density at radius 2 is 2.24 bits per heavy atom. The summed E-state index contributed by atoms with van der Waals surface area (Å²) in [5.41, 5.74) is 1.24. The molecule has 0 unspecified atom stereocenters. The number of methoxy groups -OCH3 is 1. The molecule has 0 heterocycles. The van der Waals surface area contributed by atoms with E-state index >= 15 is 0 Å². The maximum atomic E-state index is 10.9. The van der Waals surface area contributed by atoms with Gasteiger partial charge in [0.15, 0.2) is 0 Å². The molecular weight excluding hydrogens is 218 g/mol. The van der Waals surface area contributed by atoms with Crippen LogP contribution in [0, 0.1) is 0 Å². The van der Waals surface area contributed by atoms with Crippen LogP contribution in [0.3, 0.4) is 0 Å². The van der Waals surface area contributed by atoms with Crippen LogP contribution in [0.15, 0.2) is 18.2 Å². The molecule has 2 rings (SSSR count). The summed E-state index contributed by atoms with van der Waals surface area (Å²) in [4.78, 5) is 13.2. The van der Waals surface area contributed by atoms with Crippen molar-refractivity contribution in [2.45, 2.75) is 25.4 Å². The summed E-state index contributed by atoms with van der Waals surface area (Å²) in [6.07, 6.45) is 2.47. The van der Waals surface area contributed by atoms with Gasteiger partial charge in [-0.05, 0) is 38.1 Å². The second kappa shape index (κ2) is 4.75. The fourth-order valence-corrected chi connectivity index (χ4v) is 1.95. The van der Waals surface area contributed by atoms with Crippen molar-refractivity contribution in [2.75, 3.05) is 14.2 Å². The van der Waals surface area contributed by atoms with E-state index in [-0.39, 0.29) is 0 Å². The zero-order chi connectivity index (χ0) is 12.4. The van der Waals surface area contributed by atoms with Crippen molar-refractivity contribution in [3.8, 4) is 5.75 Å². The zero-order valence-electron chi connectivity index (χ0n) is 10.1. The molecule has 1 fully saturated rings. The predicted molar refractivity (Wildman–Crippen MR) is 64.4 cm³/mol. The molecule has 92 valence electrons. The van der Waals surface area contributed by atoms with Crippen molar-refractivity contribution < 1.29 is 14.6 Å². The number of carbonyl (C=O) groups is 1. The number of carboxylic acids is 1. The van der Waals surface area contributed by atoms with Crippen LogP contribution in [0.4, 0.5) is 0 Å². The Morgan fingerprint density at radius 1 is 1.53 bits per heavy atom. The molecule has 0 aromatic heterocycles. The van der Waals surface area contributed by atoms with E-state index in [0.717, 1.165) is 17.9 Å². The predicted octanol–water partition coefficient (Wildman–Crippen LogP) is 1.99. The zero-order valence-corrected chi connectivity index (χ0v) is 10.1. The Balaban J connectivity index is 2.21. The molecule has 0 bridgehead atoms. The van der Waals surface area contributed by atoms with Crippen LogP contribution in [0.5, 0.6) is 5.75 Å². The van der Waals surface area contributed by atoms with Gasteiger partial charge in [0.2, 0.25) is 0 Å². The third-order valence-electron chi connectivity index (χ3n) is 3.12. The van der Waals surface area contributed by atoms with Crippen LogP contribution < -0.4 is 4.74 Å². The Morgan fingerprint density at radius 3 is 2.76 bits per heavy atom. The largest absolute Gasteiger partial charge is 0.496 e. The van der Waals surface area contributed by atoms with Gasteiger partial charge >= 0.3 is 5.97 Å². The first-order chi connectivity index (χ1) is 8.11. The first kappa shape index (κ1) is 11.9. The van der Waals surface area contributed by atoms with E-state index in [1.54, 1.807) is 25.3 Å². The number of aromatic carboxylic acids is 1. The Labute approximate surface area is 101 Å². The van der Waals surface area contributed by atoms with E-state index in [9.17, 15) is 4.79 Å². The number of benzene rings is 1. The highest BCUT2D eigenvalue weighted by molar-refractivity contribution is 5.88. The van der Waals surface area contributed by atoms with Crippen molar-refractivity contribution in [1.82, 2.24) is 4.90 Å². The molecular formula is C13H17NO3. The van der Waals surface area contributed by atoms with E-state index in [4.69, 9.17) is 9.84 Å². The van der Waals surface area contributed by atoms with Gasteiger partial charge < -0.3 is 9.84 Å². The summed E-state index contributed by atoms with van der Waals surface area (Å²) in [6, 6.07) is 5.63. The molecule has 1 saturated carbocycles. The van der Waals surface area contributed by atoms with Crippen molar-refractivity contribution in [1.29, 1.82) is 0 Å². The molecule has 1 aromatic carbocycles. The normalized spacial score (nSPS) is 15.0. The molecule has 0 spiro atoms. The molecule has 0 atom stereocenters. The molecule has 17 heavy (non-hydrogen) atoms. The summed E-state index contributed by atoms with van der Waals surface area (Å²) < 4.78 is 5.26. The third-order valence-corrected chi connectivity index (χ3v) is 3.12. The number of ether oxygens (including phenoxy) is 1. The molecule has 1 aliphatic rings. The van der Waals surface area contributed by atoms with Crippen molar-refractivity contribution >= 4 is 5.97 Å². The summed E-state index contributed by atoms with van der Waals surface area (Å²) in [5.74, 6) is -0.148. The van der Waals surface area contributed by atoms with E-state index in [1.165, 1.54) is 12.8 Å². The molecule has 4 heteroatoms. The number of carboxylic acid groups (broad SMARTS) is 1. The molecule has 1 aromatic rings. The van der Waals surface area contributed by atoms with Crippen LogP contribution in [0.1, 0.15) is 28.8 Å². The highest BCUT2D eigenvalue weighted by atomic mass is 16.5. The lowest BCUT2D eigenvalue weighted by atomic mass is 10.1. The summed E-state index contributed by atoms with van der Waals surface area (Å²) in [7, 11) is 3.67. The van der Waals surface area contributed by atoms with Gasteiger partial charge in [-0.25, -0.2) is 4.79 Å². The van der Waals surface area contributed by atoms with Crippen LogP contribution in [0.25, 0.3) is 0 Å². The lowest BCUT2D eigenvalue weighted by Crippen LogP contribution is -2.20. The van der Waals surface area contributed by atoms with Gasteiger partial charge in [-0.2, -0.15) is 0 Å². The molecule has 4 nitrogen and oxygen atoms in total. The van der Waals surface area contributed by atoms with Gasteiger partial charge in [0.05, 0.1) is 12.7 Å². The van der Waals surface area contributed by atoms with Crippen LogP contribution >= 0.6 is 0 Å². The average Bonchev–Trinajstić information content (AvgIpc) is 3.12. The highest BCUT2D eigenvalue weighted by Gasteiger charge is 2.26. The summed E-state index contributed by atoms with van der Waals surface area (Å²) in [6.45, 7) is 0.731. The van der Waals surface area contributed by atoms with Gasteiger partial charge in [-0.15, -0.1) is 0 Å². The summed E-state index contributed by atoms with van der Waals surface area (Å²) >= 11 is 0. The second-order valence-electron chi connectivity index (χ2n) is 4.48. The standard InChI is InChI=1S/C13H17NO3/c1-14(11-4-5-11)8-10-7-9(13(15)16)3-6-12(10)17-2/h3,6-7,11H,4-5,8H2,1-2H3,(H,15,16). The topological polar surface area (TPSA) is 49.8 Å². The van der Waals surface area contributed by atoms with E-state index in [2.05, 4.69) is 11.9 Å². The van der Waals surface area contributed by atoms with Crippen LogP contribution in [0.2, 0.25) is 0 Å². The van der Waals surface area contributed by atoms with E-state index in [0.29, 0.717) is 11.6 Å². The van der Waals surface area contributed by atoms with E-state index in [1.807, 2.05) is 0 Å². The van der Waals surface area contributed by atoms with Gasteiger partial charge in [0.1, 0.15) is 5.75 Å². The Kier molecular flexibility index (Phi) is 3.33. The molecule has 0 radical (unpaired) electrons. The minimum Gasteiger partial charge on any atom is -0.496 e. The first-order valence-corrected chi connectivity index (χ1v) is 5.72. The van der Waals surface area contributed by atoms with Crippen molar-refractivity contribution in [3.05, 3.63) is 29.3 Å². The van der Waals surface area contributed by atoms with Gasteiger partial charge in [-0.3, -0.25) is 4.90 Å². The highest BCUT2D eigenvalue weighted by Crippen LogP contribution is 2.29. The Bertz CT molecular complexity index is 427. The maximum Gasteiger partial charge on any atom is 0.335 e. The quantitative estimate of drug-likeness (QED) is 0.848. The lowest BCUT2D eigenvalue weighted by Gasteiger charge is -2.18. The minimum absolute atomic E-state index is 0.310. The number of nitrogens with zero attached hydrogens (tertiary/aromatic N) is 1. The fourth-order valence-electron chi connectivity index (χ4n) is 1.95. The van der Waals surface area contributed by atoms with Gasteiger partial charge in [-0.1, -0.05) is 0 Å². The monoisotopic (exact) mass is 235 g/mol. The molecule has 0 saturated heterocycles. The van der Waals surface area contributed by atoms with Crippen LogP contribution in [-0.4, -0.2) is 36.2 Å². The average molecular weight is 235 g/mol. The van der Waals surface area contributed by atoms with Gasteiger partial charge in [0, 0.05) is 18.2 Å². The van der Waals surface area contributed by atoms with Crippen molar-refractivity contribution in [3.63, 3.8) is 0 Å². The smallest absolute Gasteiger partial charge is 0.335 e. The van der Waals surface area contributed by atoms with Gasteiger partial charge in [0.25, 0.3) is 0 Å². The maximum absolute atomic E-state index is 10.9. The van der Waals surface area contributed by atoms with Crippen molar-refractivity contribution in [2.24, 2.45) is 0 Å². The van der Waals surface area contributed by atoms with Crippen LogP contribution in [-0.2, 0) is 6.54 Å². The van der Waals surface area contributed by atoms with E-state index < -0.39 is 5.97 Å². The lowest BCUT2D eigenvalue weighted by molar-refractivity contribution is 0.0696. The molecule has 0 amide bonds. The number of hydrogen-bond donors (Lipinski definition) is 1. The SMILES string of the molecule is COc1ccc(C(=O)O)cc1CN(C)C1CC1. The number of rotatable bonds is 5. The molecule has 1 N–H and O–H groups in total. The molecule has 0 aliphatic heterocycles. The summed E-state index contributed by atoms with van der Waals surface area (Å²) in [5, 5.41) is 8.97. The fraction of sp³-hybridized carbons (Fsp3) is 0.462. The number of hydrogen-bond acceptors (Lipinski definition) is 3.